The molecular formula is C18H23N3O5S3. The van der Waals surface area contributed by atoms with Gasteiger partial charge in [-0.05, 0) is 19.1 Å². The van der Waals surface area contributed by atoms with Crippen LogP contribution in [0.2, 0.25) is 0 Å². The first-order valence-electron chi connectivity index (χ1n) is 9.36. The normalized spacial score (nSPS) is 20.5. The molecule has 1 aromatic carbocycles. The smallest absolute Gasteiger partial charge is 0.266 e. The molecule has 0 spiro atoms. The number of ether oxygens (including phenoxy) is 2. The Balaban J connectivity index is 1.78. The molecule has 4 rings (SSSR count). The van der Waals surface area contributed by atoms with Crippen LogP contribution in [-0.2, 0) is 21.4 Å². The lowest BCUT2D eigenvalue weighted by atomic mass is 10.2. The van der Waals surface area contributed by atoms with Gasteiger partial charge in [-0.3, -0.25) is 4.79 Å². The molecule has 11 heteroatoms. The maximum absolute atomic E-state index is 12.9. The summed E-state index contributed by atoms with van der Waals surface area (Å²) < 4.78 is 39.6. The molecule has 1 saturated heterocycles. The fraction of sp³-hybridized carbons (Fsp3) is 0.556. The number of thiazole rings is 1. The van der Waals surface area contributed by atoms with E-state index in [0.717, 1.165) is 22.2 Å². The number of fused-ring (bicyclic) bond motifs is 2. The zero-order valence-corrected chi connectivity index (χ0v) is 18.7. The van der Waals surface area contributed by atoms with Crippen molar-refractivity contribution >= 4 is 49.2 Å². The summed E-state index contributed by atoms with van der Waals surface area (Å²) in [5.74, 6) is 1.84. The lowest BCUT2D eigenvalue weighted by molar-refractivity contribution is -0.121. The second-order valence-electron chi connectivity index (χ2n) is 6.97. The van der Waals surface area contributed by atoms with Gasteiger partial charge in [-0.25, -0.2) is 8.42 Å². The van der Waals surface area contributed by atoms with E-state index in [0.29, 0.717) is 55.4 Å². The van der Waals surface area contributed by atoms with Crippen LogP contribution in [0, 0.1) is 0 Å². The molecule has 0 bridgehead atoms. The summed E-state index contributed by atoms with van der Waals surface area (Å²) >= 11 is 3.11. The highest BCUT2D eigenvalue weighted by Gasteiger charge is 2.36. The average molecular weight is 458 g/mol. The van der Waals surface area contributed by atoms with Gasteiger partial charge in [0, 0.05) is 31.0 Å². The molecule has 0 radical (unpaired) electrons. The van der Waals surface area contributed by atoms with Crippen LogP contribution in [0.5, 0.6) is 11.5 Å². The SMILES string of the molecule is CSCCn1c(=NC(=O)C2CCCN2S(C)(=O)=O)sc2cc3c(cc21)OCCO3. The van der Waals surface area contributed by atoms with Gasteiger partial charge in [-0.15, -0.1) is 0 Å². The average Bonchev–Trinajstić information content (AvgIpc) is 3.29. The number of carbonyl (C=O) groups is 1. The van der Waals surface area contributed by atoms with E-state index in [1.54, 1.807) is 11.8 Å². The Kier molecular flexibility index (Phi) is 5.92. The van der Waals surface area contributed by atoms with Gasteiger partial charge in [0.2, 0.25) is 10.0 Å². The molecular weight excluding hydrogens is 434 g/mol. The Morgan fingerprint density at radius 3 is 2.72 bits per heavy atom. The van der Waals surface area contributed by atoms with E-state index in [-0.39, 0.29) is 0 Å². The number of amides is 1. The Labute approximate surface area is 177 Å². The van der Waals surface area contributed by atoms with E-state index >= 15 is 0 Å². The van der Waals surface area contributed by atoms with Crippen LogP contribution in [-0.4, -0.2) is 67.3 Å². The number of aromatic nitrogens is 1. The van der Waals surface area contributed by atoms with E-state index in [1.807, 2.05) is 23.0 Å². The van der Waals surface area contributed by atoms with E-state index in [1.165, 1.54) is 15.6 Å². The van der Waals surface area contributed by atoms with Crippen molar-refractivity contribution in [1.29, 1.82) is 0 Å². The van der Waals surface area contributed by atoms with Gasteiger partial charge in [-0.1, -0.05) is 11.3 Å². The number of benzene rings is 1. The number of thioether (sulfide) groups is 1. The zero-order valence-electron chi connectivity index (χ0n) is 16.3. The van der Waals surface area contributed by atoms with Crippen molar-refractivity contribution in [2.75, 3.05) is 38.0 Å². The van der Waals surface area contributed by atoms with Crippen molar-refractivity contribution in [3.8, 4) is 11.5 Å². The van der Waals surface area contributed by atoms with Crippen LogP contribution in [0.3, 0.4) is 0 Å². The molecule has 1 unspecified atom stereocenters. The highest BCUT2D eigenvalue weighted by atomic mass is 32.2. The van der Waals surface area contributed by atoms with E-state index in [9.17, 15) is 13.2 Å². The molecule has 1 atom stereocenters. The molecule has 158 valence electrons. The Morgan fingerprint density at radius 1 is 1.31 bits per heavy atom. The number of aryl methyl sites for hydroxylation is 1. The van der Waals surface area contributed by atoms with Crippen LogP contribution < -0.4 is 14.3 Å². The van der Waals surface area contributed by atoms with Crippen molar-refractivity contribution in [3.63, 3.8) is 0 Å². The second kappa shape index (κ2) is 8.29. The Bertz CT molecular complexity index is 1110. The highest BCUT2D eigenvalue weighted by molar-refractivity contribution is 7.98. The fourth-order valence-electron chi connectivity index (χ4n) is 3.64. The van der Waals surface area contributed by atoms with Gasteiger partial charge in [0.1, 0.15) is 19.3 Å². The van der Waals surface area contributed by atoms with Crippen molar-refractivity contribution in [2.24, 2.45) is 4.99 Å². The molecule has 1 aromatic heterocycles. The van der Waals surface area contributed by atoms with Gasteiger partial charge in [0.05, 0.1) is 16.5 Å². The topological polar surface area (TPSA) is 90.2 Å². The third kappa shape index (κ3) is 4.18. The minimum atomic E-state index is -3.44. The van der Waals surface area contributed by atoms with E-state index in [2.05, 4.69) is 4.99 Å². The monoisotopic (exact) mass is 457 g/mol. The molecule has 2 aliphatic heterocycles. The second-order valence-corrected chi connectivity index (χ2v) is 10.9. The third-order valence-electron chi connectivity index (χ3n) is 4.99. The largest absolute Gasteiger partial charge is 0.486 e. The maximum atomic E-state index is 12.9. The summed E-state index contributed by atoms with van der Waals surface area (Å²) in [5.41, 5.74) is 0.936. The first-order valence-corrected chi connectivity index (χ1v) is 13.4. The molecule has 2 aliphatic rings. The van der Waals surface area contributed by atoms with Crippen molar-refractivity contribution in [3.05, 3.63) is 16.9 Å². The molecule has 2 aromatic rings. The lowest BCUT2D eigenvalue weighted by Crippen LogP contribution is -2.40. The standard InChI is InChI=1S/C18H23N3O5S3/c1-27-9-6-20-13-10-14-15(26-8-7-25-14)11-16(13)28-18(20)19-17(22)12-4-3-5-21(12)29(2,23)24/h10-12H,3-9H2,1-2H3. The quantitative estimate of drug-likeness (QED) is 0.679. The minimum absolute atomic E-state index is 0.366. The maximum Gasteiger partial charge on any atom is 0.266 e. The summed E-state index contributed by atoms with van der Waals surface area (Å²) in [7, 11) is -3.44. The van der Waals surface area contributed by atoms with Gasteiger partial charge in [0.25, 0.3) is 5.91 Å². The third-order valence-corrected chi connectivity index (χ3v) is 7.91. The fourth-order valence-corrected chi connectivity index (χ4v) is 6.20. The van der Waals surface area contributed by atoms with Crippen molar-refractivity contribution in [1.82, 2.24) is 8.87 Å². The van der Waals surface area contributed by atoms with Crippen molar-refractivity contribution in [2.45, 2.75) is 25.4 Å². The summed E-state index contributed by atoms with van der Waals surface area (Å²) in [4.78, 5) is 17.8. The first-order chi connectivity index (χ1) is 13.9. The van der Waals surface area contributed by atoms with Gasteiger partial charge >= 0.3 is 0 Å². The van der Waals surface area contributed by atoms with Crippen LogP contribution >= 0.6 is 23.1 Å². The molecule has 0 N–H and O–H groups in total. The molecule has 29 heavy (non-hydrogen) atoms. The van der Waals surface area contributed by atoms with Crippen LogP contribution in [0.15, 0.2) is 17.1 Å². The highest BCUT2D eigenvalue weighted by Crippen LogP contribution is 2.35. The minimum Gasteiger partial charge on any atom is -0.486 e. The summed E-state index contributed by atoms with van der Waals surface area (Å²) in [5, 5.41) is 0. The Hall–Kier alpha value is -1.56. The summed E-state index contributed by atoms with van der Waals surface area (Å²) in [6.07, 6.45) is 4.33. The number of hydrogen-bond donors (Lipinski definition) is 0. The summed E-state index contributed by atoms with van der Waals surface area (Å²) in [6, 6.07) is 3.14. The van der Waals surface area contributed by atoms with Crippen molar-refractivity contribution < 1.29 is 22.7 Å². The van der Waals surface area contributed by atoms with Gasteiger partial charge < -0.3 is 14.0 Å². The number of nitrogens with zero attached hydrogens (tertiary/aromatic N) is 3. The number of carbonyl (C=O) groups excluding carboxylic acids is 1. The van der Waals surface area contributed by atoms with E-state index in [4.69, 9.17) is 9.47 Å². The summed E-state index contributed by atoms with van der Waals surface area (Å²) in [6.45, 7) is 2.07. The zero-order chi connectivity index (χ0) is 20.6. The molecule has 1 fully saturated rings. The Morgan fingerprint density at radius 2 is 2.03 bits per heavy atom. The molecule has 3 heterocycles. The van der Waals surface area contributed by atoms with Crippen LogP contribution in [0.4, 0.5) is 0 Å². The van der Waals surface area contributed by atoms with Gasteiger partial charge in [-0.2, -0.15) is 21.1 Å². The van der Waals surface area contributed by atoms with Gasteiger partial charge in [0.15, 0.2) is 16.3 Å². The number of hydrogen-bond acceptors (Lipinski definition) is 7. The lowest BCUT2D eigenvalue weighted by Gasteiger charge is -2.19. The number of sulfonamides is 1. The molecule has 0 aliphatic carbocycles. The van der Waals surface area contributed by atoms with E-state index < -0.39 is 22.0 Å². The molecule has 1 amide bonds. The predicted octanol–water partition coefficient (Wildman–Crippen LogP) is 1.69. The van der Waals surface area contributed by atoms with Crippen LogP contribution in [0.1, 0.15) is 12.8 Å². The van der Waals surface area contributed by atoms with Crippen LogP contribution in [0.25, 0.3) is 10.2 Å². The predicted molar refractivity (Wildman–Crippen MR) is 114 cm³/mol. The molecule has 8 nitrogen and oxygen atoms in total. The number of rotatable bonds is 5. The first kappa shape index (κ1) is 20.7. The molecule has 0 saturated carbocycles.